The molecule has 2 unspecified atom stereocenters. The number of rotatable bonds is 12. The number of amides is 2. The van der Waals surface area contributed by atoms with Gasteiger partial charge in [0.1, 0.15) is 18.3 Å². The molecule has 1 N–H and O–H groups in total. The molecule has 11 heteroatoms. The number of halogens is 2. The van der Waals surface area contributed by atoms with Crippen molar-refractivity contribution < 1.29 is 22.7 Å². The third-order valence-electron chi connectivity index (χ3n) is 5.77. The average molecular weight is 559 g/mol. The van der Waals surface area contributed by atoms with Crippen molar-refractivity contribution in [1.82, 2.24) is 10.2 Å². The van der Waals surface area contributed by atoms with Gasteiger partial charge in [0, 0.05) is 22.6 Å². The number of hydrogen-bond donors (Lipinski definition) is 1. The van der Waals surface area contributed by atoms with E-state index in [9.17, 15) is 18.0 Å². The lowest BCUT2D eigenvalue weighted by Crippen LogP contribution is -2.53. The van der Waals surface area contributed by atoms with E-state index < -0.39 is 28.5 Å². The Hall–Kier alpha value is -2.49. The van der Waals surface area contributed by atoms with Gasteiger partial charge in [0.05, 0.1) is 19.1 Å². The van der Waals surface area contributed by atoms with E-state index in [1.165, 1.54) is 24.1 Å². The first kappa shape index (κ1) is 29.7. The van der Waals surface area contributed by atoms with Crippen LogP contribution in [0.15, 0.2) is 42.5 Å². The Kier molecular flexibility index (Phi) is 10.9. The van der Waals surface area contributed by atoms with Crippen LogP contribution in [-0.2, 0) is 26.2 Å². The van der Waals surface area contributed by atoms with Gasteiger partial charge in [0.25, 0.3) is 0 Å². The number of carbonyl (C=O) groups excluding carboxylic acids is 2. The van der Waals surface area contributed by atoms with Gasteiger partial charge in [-0.25, -0.2) is 8.42 Å². The SMILES string of the molecule is CCC(C)NC(=O)C(CC)N(Cc1ccccc1Cl)C(=O)CN(c1cc(Cl)ccc1OC)S(C)(=O)=O. The number of nitrogens with zero attached hydrogens (tertiary/aromatic N) is 2. The van der Waals surface area contributed by atoms with Gasteiger partial charge in [0.15, 0.2) is 0 Å². The summed E-state index contributed by atoms with van der Waals surface area (Å²) in [5.41, 5.74) is 0.754. The van der Waals surface area contributed by atoms with Crippen LogP contribution in [0.3, 0.4) is 0 Å². The number of nitrogens with one attached hydrogen (secondary N) is 1. The molecule has 0 aliphatic rings. The highest BCUT2D eigenvalue weighted by atomic mass is 35.5. The molecule has 2 aromatic carbocycles. The molecule has 0 saturated heterocycles. The van der Waals surface area contributed by atoms with Crippen LogP contribution in [0.25, 0.3) is 0 Å². The Labute approximate surface area is 223 Å². The summed E-state index contributed by atoms with van der Waals surface area (Å²) in [5, 5.41) is 3.63. The van der Waals surface area contributed by atoms with Crippen LogP contribution >= 0.6 is 23.2 Å². The Morgan fingerprint density at radius 1 is 1.08 bits per heavy atom. The van der Waals surface area contributed by atoms with Crippen molar-refractivity contribution in [1.29, 1.82) is 0 Å². The molecule has 0 radical (unpaired) electrons. The van der Waals surface area contributed by atoms with Crippen LogP contribution in [0, 0.1) is 0 Å². The van der Waals surface area contributed by atoms with Gasteiger partial charge in [0.2, 0.25) is 21.8 Å². The lowest BCUT2D eigenvalue weighted by Gasteiger charge is -2.33. The third kappa shape index (κ3) is 7.75. The van der Waals surface area contributed by atoms with Gasteiger partial charge in [-0.1, -0.05) is 55.2 Å². The fourth-order valence-corrected chi connectivity index (χ4v) is 4.83. The second kappa shape index (κ2) is 13.2. The minimum Gasteiger partial charge on any atom is -0.495 e. The molecule has 0 fully saturated rings. The monoisotopic (exact) mass is 557 g/mol. The van der Waals surface area contributed by atoms with Crippen molar-refractivity contribution >= 4 is 50.7 Å². The zero-order valence-electron chi connectivity index (χ0n) is 21.1. The van der Waals surface area contributed by atoms with Crippen molar-refractivity contribution in [2.45, 2.75) is 52.2 Å². The maximum atomic E-state index is 13.8. The molecule has 8 nitrogen and oxygen atoms in total. The summed E-state index contributed by atoms with van der Waals surface area (Å²) in [4.78, 5) is 28.3. The van der Waals surface area contributed by atoms with Crippen LogP contribution in [0.1, 0.15) is 39.2 Å². The first-order valence-electron chi connectivity index (χ1n) is 11.6. The second-order valence-electron chi connectivity index (χ2n) is 8.44. The van der Waals surface area contributed by atoms with Crippen LogP contribution < -0.4 is 14.4 Å². The molecule has 0 aromatic heterocycles. The zero-order valence-corrected chi connectivity index (χ0v) is 23.5. The first-order valence-corrected chi connectivity index (χ1v) is 14.2. The first-order chi connectivity index (χ1) is 16.9. The van der Waals surface area contributed by atoms with Gasteiger partial charge in [-0.05, 0) is 49.6 Å². The third-order valence-corrected chi connectivity index (χ3v) is 7.50. The van der Waals surface area contributed by atoms with Gasteiger partial charge >= 0.3 is 0 Å². The lowest BCUT2D eigenvalue weighted by atomic mass is 10.1. The molecule has 36 heavy (non-hydrogen) atoms. The lowest BCUT2D eigenvalue weighted by molar-refractivity contribution is -0.140. The Morgan fingerprint density at radius 2 is 1.75 bits per heavy atom. The van der Waals surface area contributed by atoms with E-state index >= 15 is 0 Å². The van der Waals surface area contributed by atoms with Crippen LogP contribution in [-0.4, -0.2) is 57.1 Å². The number of ether oxygens (including phenoxy) is 1. The van der Waals surface area contributed by atoms with Crippen molar-refractivity contribution in [3.05, 3.63) is 58.1 Å². The summed E-state index contributed by atoms with van der Waals surface area (Å²) in [6.07, 6.45) is 2.03. The normalized spacial score (nSPS) is 13.0. The molecule has 198 valence electrons. The van der Waals surface area contributed by atoms with Gasteiger partial charge in [-0.3, -0.25) is 13.9 Å². The van der Waals surface area contributed by atoms with Crippen molar-refractivity contribution in [2.75, 3.05) is 24.2 Å². The summed E-state index contributed by atoms with van der Waals surface area (Å²) >= 11 is 12.5. The largest absolute Gasteiger partial charge is 0.495 e. The van der Waals surface area contributed by atoms with E-state index in [1.54, 1.807) is 37.3 Å². The molecular formula is C25H33Cl2N3O5S. The highest BCUT2D eigenvalue weighted by Crippen LogP contribution is 2.33. The number of anilines is 1. The molecular weight excluding hydrogens is 525 g/mol. The molecule has 0 saturated carbocycles. The second-order valence-corrected chi connectivity index (χ2v) is 11.2. The molecule has 2 aromatic rings. The Morgan fingerprint density at radius 3 is 2.31 bits per heavy atom. The van der Waals surface area contributed by atoms with Crippen LogP contribution in [0.5, 0.6) is 5.75 Å². The smallest absolute Gasteiger partial charge is 0.244 e. The number of hydrogen-bond acceptors (Lipinski definition) is 5. The summed E-state index contributed by atoms with van der Waals surface area (Å²) in [6, 6.07) is 10.6. The molecule has 0 spiro atoms. The molecule has 0 aliphatic carbocycles. The predicted molar refractivity (Wildman–Crippen MR) is 144 cm³/mol. The number of sulfonamides is 1. The highest BCUT2D eigenvalue weighted by molar-refractivity contribution is 7.92. The Balaban J connectivity index is 2.53. The molecule has 2 amide bonds. The standard InChI is InChI=1S/C25H33Cl2N3O5S/c1-6-17(3)28-25(32)21(7-2)29(15-18-10-8-9-11-20(18)27)24(31)16-30(36(5,33)34)22-14-19(26)12-13-23(22)35-4/h8-14,17,21H,6-7,15-16H2,1-5H3,(H,28,32). The van der Waals surface area contributed by atoms with Crippen molar-refractivity contribution in [3.8, 4) is 5.75 Å². The van der Waals surface area contributed by atoms with E-state index in [0.29, 0.717) is 17.0 Å². The molecule has 0 bridgehead atoms. The minimum absolute atomic E-state index is 0.0230. The van der Waals surface area contributed by atoms with Crippen LogP contribution in [0.2, 0.25) is 10.0 Å². The zero-order chi connectivity index (χ0) is 27.0. The fourth-order valence-electron chi connectivity index (χ4n) is 3.62. The average Bonchev–Trinajstić information content (AvgIpc) is 2.82. The predicted octanol–water partition coefficient (Wildman–Crippen LogP) is 4.49. The van der Waals surface area contributed by atoms with E-state index in [0.717, 1.165) is 17.0 Å². The maximum Gasteiger partial charge on any atom is 0.244 e. The number of carbonyl (C=O) groups is 2. The highest BCUT2D eigenvalue weighted by Gasteiger charge is 2.33. The molecule has 2 atom stereocenters. The van der Waals surface area contributed by atoms with E-state index in [2.05, 4.69) is 5.32 Å². The summed E-state index contributed by atoms with van der Waals surface area (Å²) in [5.74, 6) is -0.663. The Bertz CT molecular complexity index is 1180. The quantitative estimate of drug-likeness (QED) is 0.414. The maximum absolute atomic E-state index is 13.8. The number of methoxy groups -OCH3 is 1. The van der Waals surface area contributed by atoms with Gasteiger partial charge in [-0.15, -0.1) is 0 Å². The minimum atomic E-state index is -3.93. The van der Waals surface area contributed by atoms with Crippen molar-refractivity contribution in [3.63, 3.8) is 0 Å². The topological polar surface area (TPSA) is 96.0 Å². The summed E-state index contributed by atoms with van der Waals surface area (Å²) in [6.45, 7) is 5.08. The molecule has 0 aliphatic heterocycles. The number of benzene rings is 2. The van der Waals surface area contributed by atoms with E-state index in [4.69, 9.17) is 27.9 Å². The van der Waals surface area contributed by atoms with Gasteiger partial charge < -0.3 is 15.0 Å². The molecule has 2 rings (SSSR count). The summed E-state index contributed by atoms with van der Waals surface area (Å²) < 4.78 is 31.8. The van der Waals surface area contributed by atoms with E-state index in [-0.39, 0.29) is 35.0 Å². The van der Waals surface area contributed by atoms with Crippen molar-refractivity contribution in [2.24, 2.45) is 0 Å². The summed E-state index contributed by atoms with van der Waals surface area (Å²) in [7, 11) is -2.54. The van der Waals surface area contributed by atoms with Gasteiger partial charge in [-0.2, -0.15) is 0 Å². The van der Waals surface area contributed by atoms with Crippen LogP contribution in [0.4, 0.5) is 5.69 Å². The van der Waals surface area contributed by atoms with E-state index in [1.807, 2.05) is 13.8 Å². The molecule has 0 heterocycles. The fraction of sp³-hybridized carbons (Fsp3) is 0.440.